The van der Waals surface area contributed by atoms with Crippen molar-refractivity contribution in [1.29, 1.82) is 5.26 Å². The highest BCUT2D eigenvalue weighted by molar-refractivity contribution is 6.10. The van der Waals surface area contributed by atoms with Crippen molar-refractivity contribution in [2.24, 2.45) is 5.92 Å². The fourth-order valence-corrected chi connectivity index (χ4v) is 5.84. The molecule has 0 radical (unpaired) electrons. The molecule has 1 aliphatic carbocycles. The normalized spacial score (nSPS) is 29.0. The van der Waals surface area contributed by atoms with E-state index >= 15 is 0 Å². The van der Waals surface area contributed by atoms with Gasteiger partial charge in [0.05, 0.1) is 18.7 Å². The van der Waals surface area contributed by atoms with E-state index in [0.29, 0.717) is 30.7 Å². The first-order valence-corrected chi connectivity index (χ1v) is 11.2. The average molecular weight is 460 g/mol. The molecule has 2 bridgehead atoms. The molecule has 0 spiro atoms. The topological polar surface area (TPSA) is 112 Å². The molecule has 2 aromatic rings. The van der Waals surface area contributed by atoms with Crippen LogP contribution in [0, 0.1) is 23.1 Å². The Balaban J connectivity index is 1.34. The Hall–Kier alpha value is -3.77. The number of ether oxygens (including phenoxy) is 1. The Morgan fingerprint density at radius 2 is 1.97 bits per heavy atom. The number of nitriles is 1. The molecule has 2 unspecified atom stereocenters. The molecule has 4 aliphatic heterocycles. The van der Waals surface area contributed by atoms with Gasteiger partial charge < -0.3 is 15.0 Å². The van der Waals surface area contributed by atoms with Gasteiger partial charge in [0.25, 0.3) is 11.8 Å². The molecule has 3 amide bonds. The summed E-state index contributed by atoms with van der Waals surface area (Å²) < 4.78 is 19.3. The van der Waals surface area contributed by atoms with Crippen LogP contribution in [0.4, 0.5) is 4.39 Å². The molecule has 2 N–H and O–H groups in total. The van der Waals surface area contributed by atoms with Crippen molar-refractivity contribution < 1.29 is 23.5 Å². The highest BCUT2D eigenvalue weighted by Gasteiger charge is 2.63. The van der Waals surface area contributed by atoms with E-state index in [2.05, 4.69) is 16.7 Å². The summed E-state index contributed by atoms with van der Waals surface area (Å²) in [5.41, 5.74) is 2.10. The predicted octanol–water partition coefficient (Wildman–Crippen LogP) is 1.90. The summed E-state index contributed by atoms with van der Waals surface area (Å²) >= 11 is 0. The Morgan fingerprint density at radius 1 is 1.18 bits per heavy atom. The number of halogens is 1. The fraction of sp³-hybridized carbons (Fsp3) is 0.360. The first kappa shape index (κ1) is 20.8. The van der Waals surface area contributed by atoms with Crippen LogP contribution in [0.5, 0.6) is 5.75 Å². The minimum absolute atomic E-state index is 0.0871. The van der Waals surface area contributed by atoms with E-state index in [1.54, 1.807) is 24.1 Å². The van der Waals surface area contributed by atoms with Gasteiger partial charge in [-0.1, -0.05) is 6.07 Å². The highest BCUT2D eigenvalue weighted by atomic mass is 19.1. The number of hydrogen-bond donors (Lipinski definition) is 2. The number of amides is 3. The number of nitrogens with one attached hydrogen (secondary N) is 2. The van der Waals surface area contributed by atoms with Gasteiger partial charge in [0, 0.05) is 42.1 Å². The minimum atomic E-state index is -0.977. The Morgan fingerprint density at radius 3 is 2.62 bits per heavy atom. The maximum atomic E-state index is 13.6. The third kappa shape index (κ3) is 2.69. The van der Waals surface area contributed by atoms with Crippen molar-refractivity contribution in [3.05, 3.63) is 64.0 Å². The third-order valence-corrected chi connectivity index (χ3v) is 7.80. The summed E-state index contributed by atoms with van der Waals surface area (Å²) in [5.74, 6) is -1.09. The van der Waals surface area contributed by atoms with E-state index in [0.717, 1.165) is 16.7 Å². The number of fused-ring (bicyclic) bond motifs is 3. The summed E-state index contributed by atoms with van der Waals surface area (Å²) in [7, 11) is 1.56. The second-order valence-corrected chi connectivity index (χ2v) is 9.43. The van der Waals surface area contributed by atoms with Crippen LogP contribution in [0.25, 0.3) is 0 Å². The molecule has 2 atom stereocenters. The number of benzene rings is 2. The van der Waals surface area contributed by atoms with Gasteiger partial charge >= 0.3 is 0 Å². The maximum absolute atomic E-state index is 13.6. The molecule has 7 rings (SSSR count). The molecule has 3 saturated heterocycles. The second kappa shape index (κ2) is 7.11. The lowest BCUT2D eigenvalue weighted by atomic mass is 9.63. The van der Waals surface area contributed by atoms with Crippen molar-refractivity contribution in [1.82, 2.24) is 15.5 Å². The van der Waals surface area contributed by atoms with Crippen molar-refractivity contribution >= 4 is 17.7 Å². The molecule has 0 aromatic heterocycles. The number of hydrogen-bond acceptors (Lipinski definition) is 6. The molecule has 172 valence electrons. The molecule has 4 fully saturated rings. The van der Waals surface area contributed by atoms with E-state index in [4.69, 9.17) is 4.74 Å². The number of carbonyl (C=O) groups excluding carboxylic acids is 3. The van der Waals surface area contributed by atoms with Crippen molar-refractivity contribution in [3.8, 4) is 11.8 Å². The van der Waals surface area contributed by atoms with Crippen LogP contribution >= 0.6 is 0 Å². The zero-order valence-electron chi connectivity index (χ0n) is 18.4. The highest BCUT2D eigenvalue weighted by Crippen LogP contribution is 2.50. The summed E-state index contributed by atoms with van der Waals surface area (Å²) in [4.78, 5) is 39.5. The second-order valence-electron chi connectivity index (χ2n) is 9.43. The third-order valence-electron chi connectivity index (χ3n) is 7.80. The van der Waals surface area contributed by atoms with E-state index in [-0.39, 0.29) is 41.8 Å². The molecule has 1 saturated carbocycles. The fourth-order valence-electron chi connectivity index (χ4n) is 5.84. The van der Waals surface area contributed by atoms with Crippen molar-refractivity contribution in [3.63, 3.8) is 0 Å². The van der Waals surface area contributed by atoms with E-state index in [9.17, 15) is 24.0 Å². The Bertz CT molecular complexity index is 1330. The zero-order chi connectivity index (χ0) is 23.8. The lowest BCUT2D eigenvalue weighted by Crippen LogP contribution is -2.73. The predicted molar refractivity (Wildman–Crippen MR) is 116 cm³/mol. The van der Waals surface area contributed by atoms with Crippen LogP contribution in [0.15, 0.2) is 30.3 Å². The van der Waals surface area contributed by atoms with Gasteiger partial charge in [-0.25, -0.2) is 4.39 Å². The van der Waals surface area contributed by atoms with Crippen LogP contribution in [0.1, 0.15) is 57.4 Å². The van der Waals surface area contributed by atoms with Gasteiger partial charge in [0.2, 0.25) is 5.91 Å². The van der Waals surface area contributed by atoms with Crippen LogP contribution < -0.4 is 15.4 Å². The van der Waals surface area contributed by atoms with E-state index < -0.39 is 17.3 Å². The quantitative estimate of drug-likeness (QED) is 0.674. The van der Waals surface area contributed by atoms with Crippen LogP contribution in [-0.2, 0) is 16.1 Å². The number of rotatable bonds is 4. The van der Waals surface area contributed by atoms with Gasteiger partial charge in [-0.05, 0) is 48.2 Å². The maximum Gasteiger partial charge on any atom is 0.255 e. The molecular weight excluding hydrogens is 439 g/mol. The van der Waals surface area contributed by atoms with E-state index in [1.165, 1.54) is 12.1 Å². The summed E-state index contributed by atoms with van der Waals surface area (Å²) in [6.07, 6.45) is 0.713. The Kier molecular flexibility index (Phi) is 4.35. The van der Waals surface area contributed by atoms with Gasteiger partial charge in [-0.3, -0.25) is 19.7 Å². The largest absolute Gasteiger partial charge is 0.496 e. The van der Waals surface area contributed by atoms with Crippen molar-refractivity contribution in [2.75, 3.05) is 13.7 Å². The number of piperidine rings is 2. The minimum Gasteiger partial charge on any atom is -0.496 e. The van der Waals surface area contributed by atoms with E-state index in [1.807, 2.05) is 6.07 Å². The molecule has 5 aliphatic rings. The van der Waals surface area contributed by atoms with Crippen LogP contribution in [0.2, 0.25) is 0 Å². The van der Waals surface area contributed by atoms with Crippen LogP contribution in [-0.4, -0.2) is 41.8 Å². The zero-order valence-corrected chi connectivity index (χ0v) is 18.4. The van der Waals surface area contributed by atoms with Gasteiger partial charge in [-0.2, -0.15) is 5.26 Å². The monoisotopic (exact) mass is 460 g/mol. The van der Waals surface area contributed by atoms with Gasteiger partial charge in [-0.15, -0.1) is 0 Å². The number of carbonyl (C=O) groups is 3. The lowest BCUT2D eigenvalue weighted by Gasteiger charge is -2.53. The summed E-state index contributed by atoms with van der Waals surface area (Å²) in [6, 6.07) is 9.69. The SMILES string of the molecule is COc1cc2c(cc1C1NCC1c1ccc(F)cc1C#N)C(=O)N(C13CC(C1)C(=O)NC3=O)C2. The smallest absolute Gasteiger partial charge is 0.255 e. The number of methoxy groups -OCH3 is 1. The Labute approximate surface area is 194 Å². The average Bonchev–Trinajstić information content (AvgIpc) is 3.08. The number of nitrogens with zero attached hydrogens (tertiary/aromatic N) is 2. The van der Waals surface area contributed by atoms with Gasteiger partial charge in [0.1, 0.15) is 17.1 Å². The molecular formula is C25H21FN4O4. The lowest BCUT2D eigenvalue weighted by molar-refractivity contribution is -0.160. The molecule has 2 aromatic carbocycles. The first-order chi connectivity index (χ1) is 16.4. The van der Waals surface area contributed by atoms with Crippen molar-refractivity contribution in [2.45, 2.75) is 36.9 Å². The molecule has 34 heavy (non-hydrogen) atoms. The van der Waals surface area contributed by atoms with Gasteiger partial charge in [0.15, 0.2) is 0 Å². The molecule has 9 heteroatoms. The first-order valence-electron chi connectivity index (χ1n) is 11.2. The van der Waals surface area contributed by atoms with Crippen LogP contribution in [0.3, 0.4) is 0 Å². The standard InChI is InChI=1S/C25H21FN4O4/c1-34-20-5-13-11-30(25-7-14(8-25)22(31)29-24(25)33)23(32)17(13)6-18(20)21-19(10-28-21)16-3-2-15(26)4-12(16)9-27/h2-6,14,19,21,28H,7-8,10-11H2,1H3,(H,29,31,33). The number of imide groups is 1. The molecule has 8 nitrogen and oxygen atoms in total. The summed E-state index contributed by atoms with van der Waals surface area (Å²) in [6.45, 7) is 0.876. The molecule has 4 heterocycles. The summed E-state index contributed by atoms with van der Waals surface area (Å²) in [5, 5.41) is 15.2.